The third-order valence-corrected chi connectivity index (χ3v) is 4.31. The molecule has 2 unspecified atom stereocenters. The van der Waals surface area contributed by atoms with Gasteiger partial charge in [-0.15, -0.1) is 0 Å². The van der Waals surface area contributed by atoms with Gasteiger partial charge in [0.25, 0.3) is 0 Å². The molecular formula is C11H16O2S. The lowest BCUT2D eigenvalue weighted by Crippen LogP contribution is -2.36. The first kappa shape index (κ1) is 10.1. The summed E-state index contributed by atoms with van der Waals surface area (Å²) in [5.41, 5.74) is -0.561. The monoisotopic (exact) mass is 212 g/mol. The Morgan fingerprint density at radius 3 is 2.93 bits per heavy atom. The van der Waals surface area contributed by atoms with Crippen molar-refractivity contribution >= 4 is 11.8 Å². The number of aryl methyl sites for hydroxylation is 1. The summed E-state index contributed by atoms with van der Waals surface area (Å²) in [6.45, 7) is 4.02. The molecule has 3 heteroatoms. The minimum Gasteiger partial charge on any atom is -0.466 e. The summed E-state index contributed by atoms with van der Waals surface area (Å²) in [5.74, 6) is 2.87. The van der Waals surface area contributed by atoms with Crippen molar-refractivity contribution in [3.63, 3.8) is 0 Å². The molecule has 2 atom stereocenters. The van der Waals surface area contributed by atoms with Crippen LogP contribution in [0.2, 0.25) is 0 Å². The topological polar surface area (TPSA) is 33.4 Å². The molecule has 0 amide bonds. The van der Waals surface area contributed by atoms with Crippen molar-refractivity contribution in [2.24, 2.45) is 0 Å². The summed E-state index contributed by atoms with van der Waals surface area (Å²) in [4.78, 5) is 0. The lowest BCUT2D eigenvalue weighted by Gasteiger charge is -2.25. The highest BCUT2D eigenvalue weighted by atomic mass is 32.2. The standard InChI is InChI=1S/C11H16O2S/c1-8-3-4-10(13-8)7-11(12)5-6-14-9(11)2/h3-4,9,12H,5-7H2,1-2H3. The minimum absolute atomic E-state index is 0.313. The molecule has 0 saturated carbocycles. The van der Waals surface area contributed by atoms with Gasteiger partial charge in [0.15, 0.2) is 0 Å². The van der Waals surface area contributed by atoms with Crippen LogP contribution in [0, 0.1) is 6.92 Å². The molecule has 1 aliphatic rings. The molecule has 0 radical (unpaired) electrons. The van der Waals surface area contributed by atoms with Crippen LogP contribution in [0.15, 0.2) is 16.5 Å². The molecule has 2 rings (SSSR count). The van der Waals surface area contributed by atoms with E-state index in [0.29, 0.717) is 11.7 Å². The molecule has 0 spiro atoms. The second kappa shape index (κ2) is 3.63. The number of hydrogen-bond acceptors (Lipinski definition) is 3. The molecule has 0 aliphatic carbocycles. The normalized spacial score (nSPS) is 32.4. The maximum atomic E-state index is 10.3. The number of rotatable bonds is 2. The van der Waals surface area contributed by atoms with Crippen LogP contribution in [0.25, 0.3) is 0 Å². The third kappa shape index (κ3) is 1.84. The summed E-state index contributed by atoms with van der Waals surface area (Å²) in [5, 5.41) is 10.7. The molecule has 1 N–H and O–H groups in total. The van der Waals surface area contributed by atoms with Crippen LogP contribution in [0.3, 0.4) is 0 Å². The van der Waals surface area contributed by atoms with Crippen LogP contribution in [-0.4, -0.2) is 21.7 Å². The summed E-state index contributed by atoms with van der Waals surface area (Å²) in [6, 6.07) is 3.91. The number of furan rings is 1. The van der Waals surface area contributed by atoms with Gasteiger partial charge in [-0.3, -0.25) is 0 Å². The van der Waals surface area contributed by atoms with Crippen LogP contribution in [-0.2, 0) is 6.42 Å². The van der Waals surface area contributed by atoms with Crippen molar-refractivity contribution in [2.45, 2.75) is 37.5 Å². The van der Waals surface area contributed by atoms with E-state index in [0.717, 1.165) is 23.7 Å². The number of thioether (sulfide) groups is 1. The van der Waals surface area contributed by atoms with Crippen LogP contribution in [0.4, 0.5) is 0 Å². The van der Waals surface area contributed by atoms with E-state index < -0.39 is 5.60 Å². The average Bonchev–Trinajstić information content (AvgIpc) is 2.62. The van der Waals surface area contributed by atoms with Gasteiger partial charge in [-0.05, 0) is 31.2 Å². The molecule has 78 valence electrons. The van der Waals surface area contributed by atoms with E-state index in [1.54, 1.807) is 0 Å². The fourth-order valence-corrected chi connectivity index (χ4v) is 3.22. The smallest absolute Gasteiger partial charge is 0.107 e. The Hall–Kier alpha value is -0.410. The second-order valence-corrected chi connectivity index (χ2v) is 5.50. The lowest BCUT2D eigenvalue weighted by atomic mass is 9.92. The molecule has 1 aromatic heterocycles. The maximum Gasteiger partial charge on any atom is 0.107 e. The van der Waals surface area contributed by atoms with E-state index in [-0.39, 0.29) is 0 Å². The summed E-state index contributed by atoms with van der Waals surface area (Å²) >= 11 is 1.84. The van der Waals surface area contributed by atoms with E-state index in [2.05, 4.69) is 6.92 Å². The zero-order valence-corrected chi connectivity index (χ0v) is 9.43. The second-order valence-electron chi connectivity index (χ2n) is 4.06. The van der Waals surface area contributed by atoms with Crippen molar-refractivity contribution in [1.82, 2.24) is 0 Å². The summed E-state index contributed by atoms with van der Waals surface area (Å²) in [7, 11) is 0. The average molecular weight is 212 g/mol. The molecule has 1 aromatic rings. The molecule has 0 bridgehead atoms. The van der Waals surface area contributed by atoms with Gasteiger partial charge >= 0.3 is 0 Å². The van der Waals surface area contributed by atoms with E-state index >= 15 is 0 Å². The van der Waals surface area contributed by atoms with Crippen LogP contribution in [0.5, 0.6) is 0 Å². The Balaban J connectivity index is 2.10. The fourth-order valence-electron chi connectivity index (χ4n) is 1.88. The van der Waals surface area contributed by atoms with Crippen molar-refractivity contribution < 1.29 is 9.52 Å². The number of aliphatic hydroxyl groups is 1. The van der Waals surface area contributed by atoms with Gasteiger partial charge in [-0.2, -0.15) is 11.8 Å². The van der Waals surface area contributed by atoms with Crippen LogP contribution < -0.4 is 0 Å². The van der Waals surface area contributed by atoms with Crippen LogP contribution >= 0.6 is 11.8 Å². The molecule has 1 aliphatic heterocycles. The molecule has 2 nitrogen and oxygen atoms in total. The first-order valence-corrected chi connectivity index (χ1v) is 6.04. The predicted molar refractivity (Wildman–Crippen MR) is 58.6 cm³/mol. The maximum absolute atomic E-state index is 10.3. The van der Waals surface area contributed by atoms with Gasteiger partial charge < -0.3 is 9.52 Å². The molecule has 1 saturated heterocycles. The molecule has 2 heterocycles. The molecule has 14 heavy (non-hydrogen) atoms. The van der Waals surface area contributed by atoms with Gasteiger partial charge in [-0.1, -0.05) is 6.92 Å². The lowest BCUT2D eigenvalue weighted by molar-refractivity contribution is 0.0412. The summed E-state index contributed by atoms with van der Waals surface area (Å²) < 4.78 is 5.49. The first-order valence-electron chi connectivity index (χ1n) is 4.99. The largest absolute Gasteiger partial charge is 0.466 e. The SMILES string of the molecule is Cc1ccc(CC2(O)CCSC2C)o1. The van der Waals surface area contributed by atoms with Gasteiger partial charge in [0.2, 0.25) is 0 Å². The van der Waals surface area contributed by atoms with Gasteiger partial charge in [0.1, 0.15) is 11.5 Å². The highest BCUT2D eigenvalue weighted by molar-refractivity contribution is 8.00. The zero-order chi connectivity index (χ0) is 10.2. The number of hydrogen-bond donors (Lipinski definition) is 1. The highest BCUT2D eigenvalue weighted by Gasteiger charge is 2.39. The highest BCUT2D eigenvalue weighted by Crippen LogP contribution is 2.38. The Kier molecular flexibility index (Phi) is 2.62. The Morgan fingerprint density at radius 1 is 1.64 bits per heavy atom. The minimum atomic E-state index is -0.561. The Labute approximate surface area is 88.7 Å². The molecular weight excluding hydrogens is 196 g/mol. The van der Waals surface area contributed by atoms with E-state index in [4.69, 9.17) is 4.42 Å². The Bertz CT molecular complexity index is 321. The van der Waals surface area contributed by atoms with E-state index in [1.807, 2.05) is 30.8 Å². The molecule has 1 fully saturated rings. The zero-order valence-electron chi connectivity index (χ0n) is 8.62. The van der Waals surface area contributed by atoms with Crippen molar-refractivity contribution in [3.8, 4) is 0 Å². The van der Waals surface area contributed by atoms with Gasteiger partial charge in [0, 0.05) is 11.7 Å². The van der Waals surface area contributed by atoms with Gasteiger partial charge in [0.05, 0.1) is 5.60 Å². The predicted octanol–water partition coefficient (Wildman–Crippen LogP) is 2.39. The van der Waals surface area contributed by atoms with E-state index in [9.17, 15) is 5.11 Å². The quantitative estimate of drug-likeness (QED) is 0.817. The fraction of sp³-hybridized carbons (Fsp3) is 0.636. The van der Waals surface area contributed by atoms with Gasteiger partial charge in [-0.25, -0.2) is 0 Å². The van der Waals surface area contributed by atoms with Crippen molar-refractivity contribution in [1.29, 1.82) is 0 Å². The third-order valence-electron chi connectivity index (χ3n) is 2.94. The van der Waals surface area contributed by atoms with E-state index in [1.165, 1.54) is 0 Å². The van der Waals surface area contributed by atoms with Crippen LogP contribution in [0.1, 0.15) is 24.9 Å². The summed E-state index contributed by atoms with van der Waals surface area (Å²) in [6.07, 6.45) is 1.52. The van der Waals surface area contributed by atoms with Crippen molar-refractivity contribution in [2.75, 3.05) is 5.75 Å². The molecule has 0 aromatic carbocycles. The first-order chi connectivity index (χ1) is 6.60. The Morgan fingerprint density at radius 2 is 2.43 bits per heavy atom. The van der Waals surface area contributed by atoms with Crippen molar-refractivity contribution in [3.05, 3.63) is 23.7 Å².